The zero-order valence-electron chi connectivity index (χ0n) is 17.8. The monoisotopic (exact) mass is 408 g/mol. The summed E-state index contributed by atoms with van der Waals surface area (Å²) in [6, 6.07) is 14.4. The van der Waals surface area contributed by atoms with Crippen molar-refractivity contribution in [1.82, 2.24) is 9.78 Å². The number of carbonyl (C=O) groups excluding carboxylic acids is 1. The third kappa shape index (κ3) is 4.99. The van der Waals surface area contributed by atoms with Gasteiger partial charge in [0, 0.05) is 36.1 Å². The number of benzene rings is 2. The molecular formula is C23H28N4O3. The quantitative estimate of drug-likeness (QED) is 0.593. The maximum Gasteiger partial charge on any atom is 0.255 e. The molecule has 158 valence electrons. The Morgan fingerprint density at radius 1 is 1.20 bits per heavy atom. The SMILES string of the molecule is COc1cccc(C(=O)Nc2ccc(OC[C@@H](N)C(C)C)c(-c3ccnn3C)c2)c1. The molecule has 0 saturated heterocycles. The summed E-state index contributed by atoms with van der Waals surface area (Å²) in [5.74, 6) is 1.41. The van der Waals surface area contributed by atoms with Gasteiger partial charge >= 0.3 is 0 Å². The molecule has 1 atom stereocenters. The second-order valence-corrected chi connectivity index (χ2v) is 7.46. The number of amides is 1. The molecule has 7 nitrogen and oxygen atoms in total. The molecule has 1 heterocycles. The fourth-order valence-electron chi connectivity index (χ4n) is 2.92. The second-order valence-electron chi connectivity index (χ2n) is 7.46. The van der Waals surface area contributed by atoms with Crippen LogP contribution in [0.2, 0.25) is 0 Å². The lowest BCUT2D eigenvalue weighted by Gasteiger charge is -2.19. The molecule has 0 bridgehead atoms. The zero-order chi connectivity index (χ0) is 21.7. The fourth-order valence-corrected chi connectivity index (χ4v) is 2.92. The first-order chi connectivity index (χ1) is 14.4. The van der Waals surface area contributed by atoms with Gasteiger partial charge in [0.1, 0.15) is 18.1 Å². The number of aryl methyl sites for hydroxylation is 1. The molecule has 30 heavy (non-hydrogen) atoms. The number of rotatable bonds is 8. The Kier molecular flexibility index (Phi) is 6.74. The molecular weight excluding hydrogens is 380 g/mol. The summed E-state index contributed by atoms with van der Waals surface area (Å²) in [6.07, 6.45) is 1.72. The van der Waals surface area contributed by atoms with E-state index in [2.05, 4.69) is 24.3 Å². The van der Waals surface area contributed by atoms with Crippen molar-refractivity contribution in [2.24, 2.45) is 18.7 Å². The molecule has 1 amide bonds. The first kappa shape index (κ1) is 21.4. The number of nitrogens with zero attached hydrogens (tertiary/aromatic N) is 2. The van der Waals surface area contributed by atoms with Gasteiger partial charge in [-0.3, -0.25) is 9.48 Å². The minimum atomic E-state index is -0.222. The Morgan fingerprint density at radius 2 is 2.00 bits per heavy atom. The van der Waals surface area contributed by atoms with Crippen molar-refractivity contribution in [2.45, 2.75) is 19.9 Å². The van der Waals surface area contributed by atoms with Crippen molar-refractivity contribution in [3.63, 3.8) is 0 Å². The summed E-state index contributed by atoms with van der Waals surface area (Å²) in [4.78, 5) is 12.7. The smallest absolute Gasteiger partial charge is 0.255 e. The minimum Gasteiger partial charge on any atom is -0.497 e. The number of nitrogens with one attached hydrogen (secondary N) is 1. The molecule has 0 aliphatic heterocycles. The van der Waals surface area contributed by atoms with E-state index in [4.69, 9.17) is 15.2 Å². The van der Waals surface area contributed by atoms with Crippen LogP contribution < -0.4 is 20.5 Å². The average molecular weight is 409 g/mol. The van der Waals surface area contributed by atoms with E-state index in [0.717, 1.165) is 11.3 Å². The molecule has 0 fully saturated rings. The molecule has 0 aliphatic carbocycles. The van der Waals surface area contributed by atoms with E-state index >= 15 is 0 Å². The van der Waals surface area contributed by atoms with E-state index in [1.54, 1.807) is 42.3 Å². The second kappa shape index (κ2) is 9.45. The molecule has 1 aromatic heterocycles. The van der Waals surface area contributed by atoms with Gasteiger partial charge < -0.3 is 20.5 Å². The summed E-state index contributed by atoms with van der Waals surface area (Å²) in [5.41, 5.74) is 9.01. The molecule has 3 N–H and O–H groups in total. The van der Waals surface area contributed by atoms with Crippen LogP contribution >= 0.6 is 0 Å². The van der Waals surface area contributed by atoms with Crippen molar-refractivity contribution in [1.29, 1.82) is 0 Å². The number of hydrogen-bond donors (Lipinski definition) is 2. The number of carbonyl (C=O) groups is 1. The lowest BCUT2D eigenvalue weighted by molar-refractivity contribution is 0.102. The summed E-state index contributed by atoms with van der Waals surface area (Å²) in [7, 11) is 3.43. The first-order valence-corrected chi connectivity index (χ1v) is 9.85. The third-order valence-electron chi connectivity index (χ3n) is 4.95. The molecule has 0 radical (unpaired) electrons. The van der Waals surface area contributed by atoms with Gasteiger partial charge in [-0.1, -0.05) is 19.9 Å². The zero-order valence-corrected chi connectivity index (χ0v) is 17.8. The largest absolute Gasteiger partial charge is 0.497 e. The Balaban J connectivity index is 1.87. The first-order valence-electron chi connectivity index (χ1n) is 9.85. The van der Waals surface area contributed by atoms with E-state index in [-0.39, 0.29) is 11.9 Å². The normalized spacial score (nSPS) is 11.9. The van der Waals surface area contributed by atoms with Crippen LogP contribution in [0.15, 0.2) is 54.7 Å². The highest BCUT2D eigenvalue weighted by atomic mass is 16.5. The maximum absolute atomic E-state index is 12.7. The predicted octanol–water partition coefficient (Wildman–Crippen LogP) is 3.71. The van der Waals surface area contributed by atoms with Crippen LogP contribution in [0.5, 0.6) is 11.5 Å². The number of ether oxygens (including phenoxy) is 2. The Hall–Kier alpha value is -3.32. The van der Waals surface area contributed by atoms with Gasteiger partial charge in [0.2, 0.25) is 0 Å². The van der Waals surface area contributed by atoms with Gasteiger partial charge in [0.15, 0.2) is 0 Å². The molecule has 0 unspecified atom stereocenters. The predicted molar refractivity (Wildman–Crippen MR) is 118 cm³/mol. The van der Waals surface area contributed by atoms with Crippen molar-refractivity contribution in [3.05, 3.63) is 60.3 Å². The summed E-state index contributed by atoms with van der Waals surface area (Å²) in [6.45, 7) is 4.53. The minimum absolute atomic E-state index is 0.0724. The van der Waals surface area contributed by atoms with Crippen molar-refractivity contribution >= 4 is 11.6 Å². The molecule has 2 aromatic carbocycles. The number of methoxy groups -OCH3 is 1. The highest BCUT2D eigenvalue weighted by Crippen LogP contribution is 2.33. The lowest BCUT2D eigenvalue weighted by Crippen LogP contribution is -2.33. The van der Waals surface area contributed by atoms with Gasteiger partial charge in [0.25, 0.3) is 5.91 Å². The van der Waals surface area contributed by atoms with Crippen LogP contribution in [-0.2, 0) is 7.05 Å². The fraction of sp³-hybridized carbons (Fsp3) is 0.304. The van der Waals surface area contributed by atoms with Gasteiger partial charge in [0.05, 0.1) is 12.8 Å². The van der Waals surface area contributed by atoms with Gasteiger partial charge in [-0.25, -0.2) is 0 Å². The highest BCUT2D eigenvalue weighted by molar-refractivity contribution is 6.04. The van der Waals surface area contributed by atoms with Gasteiger partial charge in [-0.05, 0) is 48.4 Å². The summed E-state index contributed by atoms with van der Waals surface area (Å²) in [5, 5.41) is 7.19. The van der Waals surface area contributed by atoms with Gasteiger partial charge in [-0.15, -0.1) is 0 Å². The van der Waals surface area contributed by atoms with Gasteiger partial charge in [-0.2, -0.15) is 5.10 Å². The molecule has 0 spiro atoms. The van der Waals surface area contributed by atoms with E-state index < -0.39 is 0 Å². The number of anilines is 1. The van der Waals surface area contributed by atoms with Crippen LogP contribution in [-0.4, -0.2) is 35.4 Å². The van der Waals surface area contributed by atoms with Crippen molar-refractivity contribution in [2.75, 3.05) is 19.0 Å². The number of hydrogen-bond acceptors (Lipinski definition) is 5. The van der Waals surface area contributed by atoms with Crippen LogP contribution in [0.3, 0.4) is 0 Å². The highest BCUT2D eigenvalue weighted by Gasteiger charge is 2.15. The Labute approximate surface area is 176 Å². The molecule has 3 aromatic rings. The van der Waals surface area contributed by atoms with Crippen molar-refractivity contribution in [3.8, 4) is 22.8 Å². The van der Waals surface area contributed by atoms with Crippen LogP contribution in [0.25, 0.3) is 11.3 Å². The van der Waals surface area contributed by atoms with Crippen LogP contribution in [0, 0.1) is 5.92 Å². The summed E-state index contributed by atoms with van der Waals surface area (Å²) >= 11 is 0. The molecule has 3 rings (SSSR count). The summed E-state index contributed by atoms with van der Waals surface area (Å²) < 4.78 is 13.0. The van der Waals surface area contributed by atoms with Crippen molar-refractivity contribution < 1.29 is 14.3 Å². The lowest BCUT2D eigenvalue weighted by atomic mass is 10.1. The van der Waals surface area contributed by atoms with E-state index in [1.165, 1.54) is 0 Å². The van der Waals surface area contributed by atoms with Crippen LogP contribution in [0.1, 0.15) is 24.2 Å². The Morgan fingerprint density at radius 3 is 2.67 bits per heavy atom. The maximum atomic E-state index is 12.7. The third-order valence-corrected chi connectivity index (χ3v) is 4.95. The molecule has 0 saturated carbocycles. The standard InChI is InChI=1S/C23H28N4O3/c1-15(2)20(24)14-30-22-9-8-17(13-19(22)21-10-11-25-27(21)3)26-23(28)16-6-5-7-18(12-16)29-4/h5-13,15,20H,14,24H2,1-4H3,(H,26,28)/t20-/m1/s1. The Bertz CT molecular complexity index is 1010. The molecule has 7 heteroatoms. The topological polar surface area (TPSA) is 91.4 Å². The van der Waals surface area contributed by atoms with E-state index in [1.807, 2.05) is 31.3 Å². The average Bonchev–Trinajstić information content (AvgIpc) is 3.18. The number of nitrogens with two attached hydrogens (primary N) is 1. The van der Waals surface area contributed by atoms with E-state index in [9.17, 15) is 4.79 Å². The van der Waals surface area contributed by atoms with Crippen LogP contribution in [0.4, 0.5) is 5.69 Å². The number of aromatic nitrogens is 2. The molecule has 0 aliphatic rings. The van der Waals surface area contributed by atoms with E-state index in [0.29, 0.717) is 35.3 Å².